The third-order valence-electron chi connectivity index (χ3n) is 4.96. The number of hydrogen-bond acceptors (Lipinski definition) is 5. The smallest absolute Gasteiger partial charge is 0.338 e. The molecule has 0 saturated carbocycles. The number of nitrogens with one attached hydrogen (secondary N) is 1. The van der Waals surface area contributed by atoms with Gasteiger partial charge in [0, 0.05) is 17.2 Å². The fourth-order valence-corrected chi connectivity index (χ4v) is 3.30. The summed E-state index contributed by atoms with van der Waals surface area (Å²) in [5.74, 6) is -1.86. The number of amides is 2. The Hall–Kier alpha value is -4.20. The molecule has 176 valence electrons. The van der Waals surface area contributed by atoms with E-state index in [1.54, 1.807) is 68.4 Å². The van der Waals surface area contributed by atoms with Gasteiger partial charge in [-0.3, -0.25) is 15.0 Å². The van der Waals surface area contributed by atoms with Gasteiger partial charge in [0.1, 0.15) is 11.6 Å². The Balaban J connectivity index is 1.82. The zero-order chi connectivity index (χ0) is 24.7. The predicted molar refractivity (Wildman–Crippen MR) is 125 cm³/mol. The van der Waals surface area contributed by atoms with Crippen LogP contribution in [0.1, 0.15) is 34.6 Å². The molecule has 0 atom stereocenters. The van der Waals surface area contributed by atoms with Crippen molar-refractivity contribution in [1.29, 1.82) is 0 Å². The lowest BCUT2D eigenvalue weighted by Crippen LogP contribution is -2.51. The van der Waals surface area contributed by atoms with Gasteiger partial charge in [-0.15, -0.1) is 0 Å². The molecular weight excluding hydrogens is 439 g/mol. The van der Waals surface area contributed by atoms with Crippen LogP contribution in [0.25, 0.3) is 11.1 Å². The van der Waals surface area contributed by atoms with E-state index in [2.05, 4.69) is 5.43 Å². The van der Waals surface area contributed by atoms with Crippen molar-refractivity contribution in [3.63, 3.8) is 0 Å². The summed E-state index contributed by atoms with van der Waals surface area (Å²) < 4.78 is 24.6. The highest BCUT2D eigenvalue weighted by Crippen LogP contribution is 2.33. The Bertz CT molecular complexity index is 1180. The second kappa shape index (κ2) is 11.1. The molecule has 1 N–H and O–H groups in total. The van der Waals surface area contributed by atoms with Crippen molar-refractivity contribution in [3.8, 4) is 16.9 Å². The molecule has 0 saturated heterocycles. The number of halogens is 1. The molecule has 0 heterocycles. The molecule has 0 spiro atoms. The van der Waals surface area contributed by atoms with Crippen LogP contribution in [0.4, 0.5) is 4.39 Å². The van der Waals surface area contributed by atoms with E-state index in [1.807, 2.05) is 0 Å². The number of benzene rings is 3. The minimum absolute atomic E-state index is 0.198. The first kappa shape index (κ1) is 24.4. The van der Waals surface area contributed by atoms with Gasteiger partial charge >= 0.3 is 5.97 Å². The molecule has 3 rings (SSSR count). The van der Waals surface area contributed by atoms with E-state index < -0.39 is 30.2 Å². The molecule has 8 heteroatoms. The third kappa shape index (κ3) is 5.78. The molecule has 0 aromatic heterocycles. The maximum Gasteiger partial charge on any atom is 0.338 e. The van der Waals surface area contributed by atoms with Gasteiger partial charge in [0.05, 0.1) is 12.7 Å². The minimum Gasteiger partial charge on any atom is -0.483 e. The summed E-state index contributed by atoms with van der Waals surface area (Å²) in [5.41, 5.74) is 3.92. The standard InChI is InChI=1S/C26H25FN2O5/c1-17(2)29(28-25(31)18-9-5-4-6-10-18)24(30)16-34-23-14-13-19(27)15-22(23)20-11-7-8-12-21(20)26(32)33-3/h4-15,17H,16H2,1-3H3,(H,28,31). The summed E-state index contributed by atoms with van der Waals surface area (Å²) in [5, 5.41) is 1.18. The molecule has 34 heavy (non-hydrogen) atoms. The molecule has 0 radical (unpaired) electrons. The molecule has 0 aliphatic heterocycles. The Morgan fingerprint density at radius 2 is 1.62 bits per heavy atom. The van der Waals surface area contributed by atoms with Crippen LogP contribution in [0.2, 0.25) is 0 Å². The fourth-order valence-electron chi connectivity index (χ4n) is 3.30. The molecule has 0 aliphatic carbocycles. The van der Waals surface area contributed by atoms with Crippen LogP contribution in [0.15, 0.2) is 72.8 Å². The number of rotatable bonds is 7. The molecule has 0 aliphatic rings. The van der Waals surface area contributed by atoms with Crippen LogP contribution in [-0.4, -0.2) is 42.6 Å². The van der Waals surface area contributed by atoms with Crippen molar-refractivity contribution in [3.05, 3.63) is 89.7 Å². The lowest BCUT2D eigenvalue weighted by atomic mass is 9.98. The highest BCUT2D eigenvalue weighted by Gasteiger charge is 2.22. The topological polar surface area (TPSA) is 84.9 Å². The van der Waals surface area contributed by atoms with E-state index in [1.165, 1.54) is 30.3 Å². The van der Waals surface area contributed by atoms with Crippen molar-refractivity contribution in [2.45, 2.75) is 19.9 Å². The average molecular weight is 464 g/mol. The van der Waals surface area contributed by atoms with E-state index in [4.69, 9.17) is 9.47 Å². The van der Waals surface area contributed by atoms with E-state index in [0.29, 0.717) is 16.7 Å². The first-order valence-corrected chi connectivity index (χ1v) is 10.6. The van der Waals surface area contributed by atoms with Gasteiger partial charge in [-0.25, -0.2) is 14.2 Å². The Morgan fingerprint density at radius 1 is 0.941 bits per heavy atom. The summed E-state index contributed by atoms with van der Waals surface area (Å²) in [6.07, 6.45) is 0. The number of carbonyl (C=O) groups is 3. The Labute approximate surface area is 197 Å². The van der Waals surface area contributed by atoms with E-state index in [-0.39, 0.29) is 17.4 Å². The van der Waals surface area contributed by atoms with E-state index in [0.717, 1.165) is 0 Å². The molecule has 0 fully saturated rings. The van der Waals surface area contributed by atoms with E-state index >= 15 is 0 Å². The van der Waals surface area contributed by atoms with Gasteiger partial charge in [-0.1, -0.05) is 36.4 Å². The Morgan fingerprint density at radius 3 is 2.29 bits per heavy atom. The van der Waals surface area contributed by atoms with E-state index in [9.17, 15) is 18.8 Å². The summed E-state index contributed by atoms with van der Waals surface area (Å²) in [7, 11) is 1.25. The quantitative estimate of drug-likeness (QED) is 0.418. The minimum atomic E-state index is -0.587. The van der Waals surface area contributed by atoms with Gasteiger partial charge in [0.15, 0.2) is 6.61 Å². The monoisotopic (exact) mass is 464 g/mol. The highest BCUT2D eigenvalue weighted by molar-refractivity contribution is 5.98. The van der Waals surface area contributed by atoms with Gasteiger partial charge in [-0.05, 0) is 55.8 Å². The van der Waals surface area contributed by atoms with Crippen LogP contribution < -0.4 is 10.2 Å². The highest BCUT2D eigenvalue weighted by atomic mass is 19.1. The van der Waals surface area contributed by atoms with Crippen molar-refractivity contribution < 1.29 is 28.2 Å². The number of esters is 1. The van der Waals surface area contributed by atoms with Crippen molar-refractivity contribution >= 4 is 17.8 Å². The number of hydrogen-bond donors (Lipinski definition) is 1. The molecular formula is C26H25FN2O5. The zero-order valence-electron chi connectivity index (χ0n) is 19.1. The number of nitrogens with zero attached hydrogens (tertiary/aromatic N) is 1. The normalized spacial score (nSPS) is 10.5. The molecule has 0 unspecified atom stereocenters. The number of carbonyl (C=O) groups excluding carboxylic acids is 3. The fraction of sp³-hybridized carbons (Fsp3) is 0.192. The van der Waals surface area contributed by atoms with Gasteiger partial charge in [0.2, 0.25) is 0 Å². The first-order valence-electron chi connectivity index (χ1n) is 10.6. The maximum atomic E-state index is 14.1. The van der Waals surface area contributed by atoms with Crippen molar-refractivity contribution in [2.24, 2.45) is 0 Å². The summed E-state index contributed by atoms with van der Waals surface area (Å²) in [6.45, 7) is 3.07. The van der Waals surface area contributed by atoms with Crippen molar-refractivity contribution in [2.75, 3.05) is 13.7 Å². The number of hydrazine groups is 1. The number of ether oxygens (including phenoxy) is 2. The Kier molecular flexibility index (Phi) is 7.97. The summed E-state index contributed by atoms with van der Waals surface area (Å²) >= 11 is 0. The van der Waals surface area contributed by atoms with Gasteiger partial charge < -0.3 is 9.47 Å². The van der Waals surface area contributed by atoms with Crippen LogP contribution in [0.3, 0.4) is 0 Å². The number of methoxy groups -OCH3 is 1. The largest absolute Gasteiger partial charge is 0.483 e. The van der Waals surface area contributed by atoms with Crippen LogP contribution in [-0.2, 0) is 9.53 Å². The zero-order valence-corrected chi connectivity index (χ0v) is 19.1. The first-order chi connectivity index (χ1) is 16.3. The SMILES string of the molecule is COC(=O)c1ccccc1-c1cc(F)ccc1OCC(=O)N(NC(=O)c1ccccc1)C(C)C. The molecule has 2 amide bonds. The molecule has 3 aromatic carbocycles. The van der Waals surface area contributed by atoms with Gasteiger partial charge in [-0.2, -0.15) is 0 Å². The average Bonchev–Trinajstić information content (AvgIpc) is 2.86. The van der Waals surface area contributed by atoms with Crippen LogP contribution in [0, 0.1) is 5.82 Å². The molecule has 3 aromatic rings. The molecule has 7 nitrogen and oxygen atoms in total. The second-order valence-corrected chi connectivity index (χ2v) is 7.63. The van der Waals surface area contributed by atoms with Gasteiger partial charge in [0.25, 0.3) is 11.8 Å². The third-order valence-corrected chi connectivity index (χ3v) is 4.96. The summed E-state index contributed by atoms with van der Waals surface area (Å²) in [6, 6.07) is 18.5. The maximum absolute atomic E-state index is 14.1. The van der Waals surface area contributed by atoms with Crippen LogP contribution >= 0.6 is 0 Å². The molecule has 0 bridgehead atoms. The lowest BCUT2D eigenvalue weighted by molar-refractivity contribution is -0.137. The van der Waals surface area contributed by atoms with Crippen molar-refractivity contribution in [1.82, 2.24) is 10.4 Å². The lowest BCUT2D eigenvalue weighted by Gasteiger charge is -2.27. The predicted octanol–water partition coefficient (Wildman–Crippen LogP) is 4.24. The second-order valence-electron chi connectivity index (χ2n) is 7.63. The summed E-state index contributed by atoms with van der Waals surface area (Å²) in [4.78, 5) is 37.6. The van der Waals surface area contributed by atoms with Crippen LogP contribution in [0.5, 0.6) is 5.75 Å².